The van der Waals surface area contributed by atoms with E-state index in [4.69, 9.17) is 4.74 Å². The van der Waals surface area contributed by atoms with Crippen molar-refractivity contribution in [2.75, 3.05) is 13.2 Å². The fourth-order valence-corrected chi connectivity index (χ4v) is 2.30. The van der Waals surface area contributed by atoms with Gasteiger partial charge >= 0.3 is 0 Å². The van der Waals surface area contributed by atoms with E-state index in [1.807, 2.05) is 18.2 Å². The summed E-state index contributed by atoms with van der Waals surface area (Å²) >= 11 is 0. The highest BCUT2D eigenvalue weighted by Gasteiger charge is 2.28. The van der Waals surface area contributed by atoms with Crippen LogP contribution in [0.15, 0.2) is 24.3 Å². The number of fused-ring (bicyclic) bond motifs is 1. The standard InChI is InChI=1S/C14H21NO2/c1-3-11(8-16)15-14-10(2)9-17-13-7-5-4-6-12(13)14/h4-7,10-11,14-16H,3,8-9H2,1-2H3/t10?,11-,14?/m0/s1. The summed E-state index contributed by atoms with van der Waals surface area (Å²) in [6.45, 7) is 5.18. The van der Waals surface area contributed by atoms with Crippen LogP contribution in [0.25, 0.3) is 0 Å². The maximum Gasteiger partial charge on any atom is 0.124 e. The molecular weight excluding hydrogens is 214 g/mol. The molecule has 0 fully saturated rings. The number of benzene rings is 1. The minimum absolute atomic E-state index is 0.161. The van der Waals surface area contributed by atoms with E-state index >= 15 is 0 Å². The Morgan fingerprint density at radius 3 is 2.94 bits per heavy atom. The highest BCUT2D eigenvalue weighted by molar-refractivity contribution is 5.38. The van der Waals surface area contributed by atoms with Gasteiger partial charge in [0.05, 0.1) is 13.2 Å². The molecule has 94 valence electrons. The number of para-hydroxylation sites is 1. The topological polar surface area (TPSA) is 41.5 Å². The van der Waals surface area contributed by atoms with E-state index in [9.17, 15) is 5.11 Å². The summed E-state index contributed by atoms with van der Waals surface area (Å²) in [5, 5.41) is 12.8. The number of hydrogen-bond acceptors (Lipinski definition) is 3. The van der Waals surface area contributed by atoms with Crippen LogP contribution in [0.2, 0.25) is 0 Å². The van der Waals surface area contributed by atoms with Crippen LogP contribution in [-0.2, 0) is 0 Å². The molecule has 1 aliphatic heterocycles. The molecule has 0 bridgehead atoms. The van der Waals surface area contributed by atoms with Crippen molar-refractivity contribution in [3.63, 3.8) is 0 Å². The van der Waals surface area contributed by atoms with Gasteiger partial charge in [-0.25, -0.2) is 0 Å². The minimum Gasteiger partial charge on any atom is -0.493 e. The van der Waals surface area contributed by atoms with E-state index in [0.29, 0.717) is 5.92 Å². The van der Waals surface area contributed by atoms with Crippen molar-refractivity contribution in [1.82, 2.24) is 5.32 Å². The van der Waals surface area contributed by atoms with Crippen molar-refractivity contribution < 1.29 is 9.84 Å². The molecule has 0 spiro atoms. The number of aliphatic hydroxyl groups excluding tert-OH is 1. The van der Waals surface area contributed by atoms with Crippen molar-refractivity contribution in [1.29, 1.82) is 0 Å². The molecule has 3 atom stereocenters. The second-order valence-electron chi connectivity index (χ2n) is 4.76. The van der Waals surface area contributed by atoms with Gasteiger partial charge in [-0.15, -0.1) is 0 Å². The van der Waals surface area contributed by atoms with Gasteiger partial charge in [-0.3, -0.25) is 0 Å². The first-order chi connectivity index (χ1) is 8.26. The number of aliphatic hydroxyl groups is 1. The fourth-order valence-electron chi connectivity index (χ4n) is 2.30. The molecule has 2 unspecified atom stereocenters. The molecule has 2 rings (SSSR count). The zero-order valence-electron chi connectivity index (χ0n) is 10.5. The largest absolute Gasteiger partial charge is 0.493 e. The van der Waals surface area contributed by atoms with Gasteiger partial charge in [-0.05, 0) is 12.5 Å². The lowest BCUT2D eigenvalue weighted by Crippen LogP contribution is -2.41. The summed E-state index contributed by atoms with van der Waals surface area (Å²) in [7, 11) is 0. The SMILES string of the molecule is CC[C@@H](CO)NC1c2ccccc2OCC1C. The third-order valence-corrected chi connectivity index (χ3v) is 3.45. The molecule has 0 aromatic heterocycles. The van der Waals surface area contributed by atoms with Gasteiger partial charge in [0.15, 0.2) is 0 Å². The molecule has 0 radical (unpaired) electrons. The lowest BCUT2D eigenvalue weighted by atomic mass is 9.91. The fraction of sp³-hybridized carbons (Fsp3) is 0.571. The van der Waals surface area contributed by atoms with Gasteiger partial charge in [-0.2, -0.15) is 0 Å². The third kappa shape index (κ3) is 2.61. The highest BCUT2D eigenvalue weighted by Crippen LogP contribution is 2.35. The molecule has 3 heteroatoms. The van der Waals surface area contributed by atoms with Crippen LogP contribution >= 0.6 is 0 Å². The molecule has 0 saturated carbocycles. The molecule has 1 aromatic carbocycles. The summed E-state index contributed by atoms with van der Waals surface area (Å²) in [4.78, 5) is 0. The van der Waals surface area contributed by atoms with Crippen molar-refractivity contribution in [3.05, 3.63) is 29.8 Å². The van der Waals surface area contributed by atoms with Crippen LogP contribution in [0.3, 0.4) is 0 Å². The van der Waals surface area contributed by atoms with Gasteiger partial charge in [0.1, 0.15) is 5.75 Å². The Labute approximate surface area is 103 Å². The predicted molar refractivity (Wildman–Crippen MR) is 68.1 cm³/mol. The Morgan fingerprint density at radius 2 is 2.24 bits per heavy atom. The van der Waals surface area contributed by atoms with Crippen LogP contribution < -0.4 is 10.1 Å². The van der Waals surface area contributed by atoms with Crippen molar-refractivity contribution in [2.24, 2.45) is 5.92 Å². The minimum atomic E-state index is 0.161. The van der Waals surface area contributed by atoms with Gasteiger partial charge < -0.3 is 15.2 Å². The van der Waals surface area contributed by atoms with Crippen LogP contribution in [0.5, 0.6) is 5.75 Å². The van der Waals surface area contributed by atoms with Crippen LogP contribution in [0, 0.1) is 5.92 Å². The molecule has 1 aromatic rings. The summed E-state index contributed by atoms with van der Waals surface area (Å²) in [5.41, 5.74) is 1.21. The average molecular weight is 235 g/mol. The van der Waals surface area contributed by atoms with Gasteiger partial charge in [0.2, 0.25) is 0 Å². The van der Waals surface area contributed by atoms with E-state index < -0.39 is 0 Å². The first-order valence-electron chi connectivity index (χ1n) is 6.34. The Hall–Kier alpha value is -1.06. The van der Waals surface area contributed by atoms with Crippen LogP contribution in [-0.4, -0.2) is 24.4 Å². The molecule has 0 amide bonds. The Kier molecular flexibility index (Phi) is 4.02. The third-order valence-electron chi connectivity index (χ3n) is 3.45. The van der Waals surface area contributed by atoms with Gasteiger partial charge in [-0.1, -0.05) is 32.0 Å². The molecule has 1 aliphatic rings. The molecule has 17 heavy (non-hydrogen) atoms. The lowest BCUT2D eigenvalue weighted by molar-refractivity contribution is 0.159. The van der Waals surface area contributed by atoms with Crippen molar-refractivity contribution in [2.45, 2.75) is 32.4 Å². The Bertz CT molecular complexity index is 363. The first-order valence-corrected chi connectivity index (χ1v) is 6.34. The van der Waals surface area contributed by atoms with E-state index in [2.05, 4.69) is 25.2 Å². The zero-order valence-corrected chi connectivity index (χ0v) is 10.5. The van der Waals surface area contributed by atoms with E-state index in [1.54, 1.807) is 0 Å². The van der Waals surface area contributed by atoms with E-state index in [-0.39, 0.29) is 18.7 Å². The van der Waals surface area contributed by atoms with Crippen LogP contribution in [0.1, 0.15) is 31.9 Å². The molecule has 0 aliphatic carbocycles. The quantitative estimate of drug-likeness (QED) is 0.840. The van der Waals surface area contributed by atoms with Crippen molar-refractivity contribution in [3.8, 4) is 5.75 Å². The average Bonchev–Trinajstić information content (AvgIpc) is 2.38. The van der Waals surface area contributed by atoms with Crippen molar-refractivity contribution >= 4 is 0 Å². The number of rotatable bonds is 4. The molecule has 3 nitrogen and oxygen atoms in total. The monoisotopic (exact) mass is 235 g/mol. The second-order valence-corrected chi connectivity index (χ2v) is 4.76. The van der Waals surface area contributed by atoms with Gasteiger partial charge in [0, 0.05) is 23.6 Å². The molecular formula is C14H21NO2. The normalized spacial score (nSPS) is 24.9. The predicted octanol–water partition coefficient (Wildman–Crippen LogP) is 2.12. The molecule has 0 saturated heterocycles. The van der Waals surface area contributed by atoms with E-state index in [0.717, 1.165) is 18.8 Å². The highest BCUT2D eigenvalue weighted by atomic mass is 16.5. The Balaban J connectivity index is 2.20. The van der Waals surface area contributed by atoms with Gasteiger partial charge in [0.25, 0.3) is 0 Å². The number of hydrogen-bond donors (Lipinski definition) is 2. The van der Waals surface area contributed by atoms with Crippen LogP contribution in [0.4, 0.5) is 0 Å². The zero-order chi connectivity index (χ0) is 12.3. The molecule has 1 heterocycles. The Morgan fingerprint density at radius 1 is 1.47 bits per heavy atom. The van der Waals surface area contributed by atoms with E-state index in [1.165, 1.54) is 5.56 Å². The lowest BCUT2D eigenvalue weighted by Gasteiger charge is -2.34. The second kappa shape index (κ2) is 5.52. The smallest absolute Gasteiger partial charge is 0.124 e. The number of nitrogens with one attached hydrogen (secondary N) is 1. The summed E-state index contributed by atoms with van der Waals surface area (Å²) in [6.07, 6.45) is 0.933. The maximum absolute atomic E-state index is 9.30. The number of ether oxygens (including phenoxy) is 1. The first kappa shape index (κ1) is 12.4. The molecule has 2 N–H and O–H groups in total. The summed E-state index contributed by atoms with van der Waals surface area (Å²) < 4.78 is 5.71. The summed E-state index contributed by atoms with van der Waals surface area (Å²) in [6, 6.07) is 8.58. The summed E-state index contributed by atoms with van der Waals surface area (Å²) in [5.74, 6) is 1.39. The maximum atomic E-state index is 9.30.